The fraction of sp³-hybridized carbons (Fsp3) is 0.450. The molecule has 1 aromatic carbocycles. The van der Waals surface area contributed by atoms with Crippen LogP contribution in [0, 0.1) is 0 Å². The van der Waals surface area contributed by atoms with Crippen LogP contribution in [0.5, 0.6) is 0 Å². The molecule has 0 radical (unpaired) electrons. The third-order valence-corrected chi connectivity index (χ3v) is 3.75. The van der Waals surface area contributed by atoms with E-state index >= 15 is 0 Å². The fourth-order valence-electron chi connectivity index (χ4n) is 2.47. The summed E-state index contributed by atoms with van der Waals surface area (Å²) in [5.74, 6) is 0.743. The zero-order valence-corrected chi connectivity index (χ0v) is 17.2. The highest BCUT2D eigenvalue weighted by Gasteiger charge is 2.16. The number of benzene rings is 1. The van der Waals surface area contributed by atoms with Gasteiger partial charge in [-0.1, -0.05) is 12.1 Å². The normalized spacial score (nSPS) is 11.8. The van der Waals surface area contributed by atoms with Gasteiger partial charge in [-0.05, 0) is 44.9 Å². The van der Waals surface area contributed by atoms with Gasteiger partial charge in [-0.25, -0.2) is 4.79 Å². The molecule has 3 N–H and O–H groups in total. The number of anilines is 1. The van der Waals surface area contributed by atoms with Crippen LogP contribution in [0.2, 0.25) is 0 Å². The molecule has 1 heterocycles. The first-order valence-electron chi connectivity index (χ1n) is 9.26. The van der Waals surface area contributed by atoms with E-state index in [0.29, 0.717) is 12.2 Å². The molecular weight excluding hydrogens is 356 g/mol. The number of hydrogen-bond acceptors (Lipinski definition) is 4. The van der Waals surface area contributed by atoms with Gasteiger partial charge in [-0.3, -0.25) is 15.0 Å². The molecular formula is C20H30N6O2. The third kappa shape index (κ3) is 7.69. The van der Waals surface area contributed by atoms with Gasteiger partial charge in [-0.2, -0.15) is 5.10 Å². The van der Waals surface area contributed by atoms with Crippen molar-refractivity contribution < 1.29 is 9.53 Å². The summed E-state index contributed by atoms with van der Waals surface area (Å²) < 4.78 is 7.02. The molecule has 1 amide bonds. The van der Waals surface area contributed by atoms with Crippen LogP contribution >= 0.6 is 0 Å². The molecule has 2 aromatic rings. The monoisotopic (exact) mass is 386 g/mol. The van der Waals surface area contributed by atoms with Crippen molar-refractivity contribution in [3.8, 4) is 0 Å². The lowest BCUT2D eigenvalue weighted by Crippen LogP contribution is -2.37. The molecule has 0 atom stereocenters. The number of nitrogens with zero attached hydrogens (tertiary/aromatic N) is 3. The molecule has 0 aliphatic carbocycles. The first kappa shape index (κ1) is 21.3. The summed E-state index contributed by atoms with van der Waals surface area (Å²) in [6.45, 7) is 6.91. The highest BCUT2D eigenvalue weighted by atomic mass is 16.6. The molecule has 152 valence electrons. The minimum atomic E-state index is -0.515. The summed E-state index contributed by atoms with van der Waals surface area (Å²) in [7, 11) is 3.64. The van der Waals surface area contributed by atoms with Crippen molar-refractivity contribution in [3.63, 3.8) is 0 Å². The Labute approximate surface area is 166 Å². The van der Waals surface area contributed by atoms with E-state index in [9.17, 15) is 4.79 Å². The zero-order valence-electron chi connectivity index (χ0n) is 17.2. The highest BCUT2D eigenvalue weighted by Crippen LogP contribution is 2.13. The van der Waals surface area contributed by atoms with Gasteiger partial charge >= 0.3 is 6.09 Å². The summed E-state index contributed by atoms with van der Waals surface area (Å²) in [6.07, 6.45) is 4.17. The van der Waals surface area contributed by atoms with Crippen LogP contribution in [-0.4, -0.2) is 41.0 Å². The van der Waals surface area contributed by atoms with Gasteiger partial charge in [0.1, 0.15) is 5.60 Å². The van der Waals surface area contributed by atoms with Gasteiger partial charge < -0.3 is 15.4 Å². The molecule has 28 heavy (non-hydrogen) atoms. The van der Waals surface area contributed by atoms with Crippen molar-refractivity contribution in [2.24, 2.45) is 12.0 Å². The van der Waals surface area contributed by atoms with Gasteiger partial charge in [0.25, 0.3) is 0 Å². The summed E-state index contributed by atoms with van der Waals surface area (Å²) in [4.78, 5) is 16.0. The standard InChI is InChI=1S/C20H30N6O2/c1-20(2,3)28-19(27)25-17-8-6-15(7-9-17)10-11-22-18(21-4)23-12-16-13-24-26(5)14-16/h6-9,13-14H,10-12H2,1-5H3,(H,25,27)(H2,21,22,23). The smallest absolute Gasteiger partial charge is 0.412 e. The lowest BCUT2D eigenvalue weighted by atomic mass is 10.1. The highest BCUT2D eigenvalue weighted by molar-refractivity contribution is 5.84. The molecule has 0 bridgehead atoms. The quantitative estimate of drug-likeness (QED) is 0.524. The zero-order chi connectivity index (χ0) is 20.6. The number of aryl methyl sites for hydroxylation is 1. The second-order valence-electron chi connectivity index (χ2n) is 7.45. The summed E-state index contributed by atoms with van der Waals surface area (Å²) in [5, 5.41) is 13.4. The number of carbonyl (C=O) groups excluding carboxylic acids is 1. The molecule has 0 fully saturated rings. The number of carbonyl (C=O) groups is 1. The van der Waals surface area contributed by atoms with Crippen LogP contribution in [0.3, 0.4) is 0 Å². The average Bonchev–Trinajstić information content (AvgIpc) is 3.03. The van der Waals surface area contributed by atoms with E-state index in [2.05, 4.69) is 26.0 Å². The maximum atomic E-state index is 11.8. The molecule has 8 nitrogen and oxygen atoms in total. The number of amides is 1. The Balaban J connectivity index is 1.73. The van der Waals surface area contributed by atoms with Crippen molar-refractivity contribution in [2.75, 3.05) is 18.9 Å². The van der Waals surface area contributed by atoms with E-state index in [-0.39, 0.29) is 0 Å². The van der Waals surface area contributed by atoms with Crippen molar-refractivity contribution in [3.05, 3.63) is 47.8 Å². The molecule has 2 rings (SSSR count). The molecule has 0 saturated heterocycles. The first-order chi connectivity index (χ1) is 13.2. The maximum Gasteiger partial charge on any atom is 0.412 e. The number of aromatic nitrogens is 2. The Kier molecular flexibility index (Phi) is 7.43. The van der Waals surface area contributed by atoms with E-state index in [1.807, 2.05) is 64.5 Å². The lowest BCUT2D eigenvalue weighted by molar-refractivity contribution is 0.0636. The third-order valence-electron chi connectivity index (χ3n) is 3.75. The van der Waals surface area contributed by atoms with Gasteiger partial charge in [0.05, 0.1) is 6.20 Å². The van der Waals surface area contributed by atoms with E-state index < -0.39 is 11.7 Å². The number of guanidine groups is 1. The number of hydrogen-bond donors (Lipinski definition) is 3. The van der Waals surface area contributed by atoms with Gasteiger partial charge in [0.15, 0.2) is 5.96 Å². The van der Waals surface area contributed by atoms with E-state index in [4.69, 9.17) is 4.74 Å². The number of rotatable bonds is 6. The largest absolute Gasteiger partial charge is 0.444 e. The molecule has 0 aliphatic rings. The van der Waals surface area contributed by atoms with Crippen LogP contribution < -0.4 is 16.0 Å². The first-order valence-corrected chi connectivity index (χ1v) is 9.26. The van der Waals surface area contributed by atoms with Crippen molar-refractivity contribution in [2.45, 2.75) is 39.3 Å². The van der Waals surface area contributed by atoms with Crippen LogP contribution in [0.4, 0.5) is 10.5 Å². The second kappa shape index (κ2) is 9.77. The summed E-state index contributed by atoms with van der Waals surface area (Å²) in [5.41, 5.74) is 2.45. The Morgan fingerprint density at radius 1 is 1.18 bits per heavy atom. The van der Waals surface area contributed by atoms with Gasteiger partial charge in [-0.15, -0.1) is 0 Å². The molecule has 0 spiro atoms. The Bertz CT molecular complexity index is 790. The van der Waals surface area contributed by atoms with Crippen LogP contribution in [0.1, 0.15) is 31.9 Å². The van der Waals surface area contributed by atoms with Crippen molar-refractivity contribution >= 4 is 17.7 Å². The number of ether oxygens (including phenoxy) is 1. The predicted molar refractivity (Wildman–Crippen MR) is 111 cm³/mol. The summed E-state index contributed by atoms with van der Waals surface area (Å²) >= 11 is 0. The van der Waals surface area contributed by atoms with E-state index in [1.54, 1.807) is 11.7 Å². The number of aliphatic imine (C=N–C) groups is 1. The second-order valence-corrected chi connectivity index (χ2v) is 7.45. The van der Waals surface area contributed by atoms with E-state index in [1.165, 1.54) is 0 Å². The van der Waals surface area contributed by atoms with Crippen LogP contribution in [-0.2, 0) is 24.8 Å². The topological polar surface area (TPSA) is 92.6 Å². The summed E-state index contributed by atoms with van der Waals surface area (Å²) in [6, 6.07) is 7.71. The Hall–Kier alpha value is -3.03. The lowest BCUT2D eigenvalue weighted by Gasteiger charge is -2.19. The molecule has 0 aliphatic heterocycles. The maximum absolute atomic E-state index is 11.8. The SMILES string of the molecule is CN=C(NCCc1ccc(NC(=O)OC(C)(C)C)cc1)NCc1cnn(C)c1. The Morgan fingerprint density at radius 2 is 1.89 bits per heavy atom. The Morgan fingerprint density at radius 3 is 2.46 bits per heavy atom. The van der Waals surface area contributed by atoms with Crippen LogP contribution in [0.15, 0.2) is 41.7 Å². The fourth-order valence-corrected chi connectivity index (χ4v) is 2.47. The van der Waals surface area contributed by atoms with E-state index in [0.717, 1.165) is 30.1 Å². The van der Waals surface area contributed by atoms with Crippen molar-refractivity contribution in [1.82, 2.24) is 20.4 Å². The average molecular weight is 387 g/mol. The van der Waals surface area contributed by atoms with Crippen LogP contribution in [0.25, 0.3) is 0 Å². The van der Waals surface area contributed by atoms with Gasteiger partial charge in [0.2, 0.25) is 0 Å². The number of nitrogens with one attached hydrogen (secondary N) is 3. The van der Waals surface area contributed by atoms with Gasteiger partial charge in [0, 0.05) is 44.6 Å². The molecule has 0 saturated carbocycles. The minimum absolute atomic E-state index is 0.453. The van der Waals surface area contributed by atoms with Crippen molar-refractivity contribution in [1.29, 1.82) is 0 Å². The molecule has 1 aromatic heterocycles. The molecule has 0 unspecified atom stereocenters. The predicted octanol–water partition coefficient (Wildman–Crippen LogP) is 2.67. The minimum Gasteiger partial charge on any atom is -0.444 e. The molecule has 8 heteroatoms.